The number of likely N-dealkylation sites (N-methyl/N-ethyl adjacent to an activating group) is 1. The number of carbonyl (C=O) groups excluding carboxylic acids is 1. The van der Waals surface area contributed by atoms with E-state index in [4.69, 9.17) is 4.52 Å². The molecule has 2 aromatic heterocycles. The molecule has 0 N–H and O–H groups in total. The summed E-state index contributed by atoms with van der Waals surface area (Å²) in [6.45, 7) is 1.49. The van der Waals surface area contributed by atoms with Crippen LogP contribution in [0.4, 0.5) is 4.39 Å². The largest absolute Gasteiger partial charge is 0.356 e. The number of thiazole rings is 1. The number of likely N-dealkylation sites (tertiary alicyclic amines) is 1. The Bertz CT molecular complexity index is 1250. The molecule has 0 aliphatic carbocycles. The van der Waals surface area contributed by atoms with Gasteiger partial charge in [0.2, 0.25) is 0 Å². The molecule has 1 amide bonds. The molecule has 158 valence electrons. The number of halogens is 1. The molecule has 1 unspecified atom stereocenters. The van der Waals surface area contributed by atoms with Gasteiger partial charge in [-0.1, -0.05) is 23.4 Å². The van der Waals surface area contributed by atoms with Crippen molar-refractivity contribution >= 4 is 28.2 Å². The van der Waals surface area contributed by atoms with Crippen LogP contribution < -0.4 is 0 Å². The summed E-state index contributed by atoms with van der Waals surface area (Å²) in [6.07, 6.45) is 2.60. The number of hydrogen-bond acceptors (Lipinski definition) is 6. The summed E-state index contributed by atoms with van der Waals surface area (Å²) < 4.78 is 18.7. The van der Waals surface area contributed by atoms with Crippen molar-refractivity contribution in [2.45, 2.75) is 12.5 Å². The molecule has 8 heteroatoms. The Balaban J connectivity index is 1.40. The Morgan fingerprint density at radius 2 is 1.97 bits per heavy atom. The van der Waals surface area contributed by atoms with Crippen molar-refractivity contribution < 1.29 is 13.7 Å². The van der Waals surface area contributed by atoms with E-state index in [9.17, 15) is 9.18 Å². The highest BCUT2D eigenvalue weighted by atomic mass is 32.1. The standard InChI is InChI=1S/C23H21FN4O2S/c1-27(2)17-9-10-28(13-17)23(29)20-12-25-22(31-20)21-18-8-5-15(11-19(18)30-26-21)14-3-6-16(24)7-4-14/h3-8,11-12,17H,9-10,13H2,1-2H3. The highest BCUT2D eigenvalue weighted by Gasteiger charge is 2.29. The van der Waals surface area contributed by atoms with Crippen LogP contribution in [0.15, 0.2) is 53.2 Å². The average molecular weight is 437 g/mol. The summed E-state index contributed by atoms with van der Waals surface area (Å²) in [4.78, 5) is 22.0. The van der Waals surface area contributed by atoms with Gasteiger partial charge in [0, 0.05) is 19.1 Å². The van der Waals surface area contributed by atoms with E-state index >= 15 is 0 Å². The highest BCUT2D eigenvalue weighted by Crippen LogP contribution is 2.34. The molecule has 1 fully saturated rings. The lowest BCUT2D eigenvalue weighted by atomic mass is 10.0. The highest BCUT2D eigenvalue weighted by molar-refractivity contribution is 7.17. The van der Waals surface area contributed by atoms with Crippen molar-refractivity contribution in [2.75, 3.05) is 27.2 Å². The molecule has 0 spiro atoms. The normalized spacial score (nSPS) is 16.5. The maximum absolute atomic E-state index is 13.2. The lowest BCUT2D eigenvalue weighted by Crippen LogP contribution is -2.34. The molecule has 1 atom stereocenters. The fourth-order valence-corrected chi connectivity index (χ4v) is 4.78. The van der Waals surface area contributed by atoms with E-state index in [0.29, 0.717) is 27.2 Å². The van der Waals surface area contributed by atoms with Crippen LogP contribution in [0.2, 0.25) is 0 Å². The smallest absolute Gasteiger partial charge is 0.265 e. The van der Waals surface area contributed by atoms with Crippen LogP contribution >= 0.6 is 11.3 Å². The number of rotatable bonds is 4. The lowest BCUT2D eigenvalue weighted by molar-refractivity contribution is 0.0787. The number of aromatic nitrogens is 2. The average Bonchev–Trinajstić information content (AvgIpc) is 3.52. The van der Waals surface area contributed by atoms with Crippen LogP contribution in [0.1, 0.15) is 16.1 Å². The predicted molar refractivity (Wildman–Crippen MR) is 119 cm³/mol. The van der Waals surface area contributed by atoms with E-state index in [2.05, 4.69) is 15.0 Å². The van der Waals surface area contributed by atoms with Crippen molar-refractivity contribution in [3.8, 4) is 21.8 Å². The maximum atomic E-state index is 13.2. The molecule has 5 rings (SSSR count). The molecule has 0 saturated carbocycles. The fraction of sp³-hybridized carbons (Fsp3) is 0.261. The molecular formula is C23H21FN4O2S. The van der Waals surface area contributed by atoms with E-state index in [-0.39, 0.29) is 11.7 Å². The van der Waals surface area contributed by atoms with Gasteiger partial charge < -0.3 is 14.3 Å². The van der Waals surface area contributed by atoms with Gasteiger partial charge in [0.25, 0.3) is 5.91 Å². The first-order valence-corrected chi connectivity index (χ1v) is 10.9. The van der Waals surface area contributed by atoms with Crippen molar-refractivity contribution in [1.82, 2.24) is 19.9 Å². The molecule has 1 saturated heterocycles. The SMILES string of the molecule is CN(C)C1CCN(C(=O)c2cnc(-c3noc4cc(-c5ccc(F)cc5)ccc34)s2)C1. The monoisotopic (exact) mass is 436 g/mol. The van der Waals surface area contributed by atoms with Crippen LogP contribution in [-0.2, 0) is 0 Å². The third-order valence-electron chi connectivity index (χ3n) is 5.75. The topological polar surface area (TPSA) is 62.5 Å². The van der Waals surface area contributed by atoms with E-state index in [0.717, 1.165) is 36.0 Å². The van der Waals surface area contributed by atoms with Gasteiger partial charge in [-0.2, -0.15) is 0 Å². The Kier molecular flexibility index (Phi) is 5.03. The number of fused-ring (bicyclic) bond motifs is 1. The Labute approximate surface area is 182 Å². The predicted octanol–water partition coefficient (Wildman–Crippen LogP) is 4.53. The van der Waals surface area contributed by atoms with Crippen LogP contribution in [-0.4, -0.2) is 59.1 Å². The number of carbonyl (C=O) groups is 1. The Hall–Kier alpha value is -3.10. The zero-order valence-electron chi connectivity index (χ0n) is 17.2. The van der Waals surface area contributed by atoms with Crippen molar-refractivity contribution in [3.63, 3.8) is 0 Å². The lowest BCUT2D eigenvalue weighted by Gasteiger charge is -2.19. The zero-order valence-corrected chi connectivity index (χ0v) is 18.0. The van der Waals surface area contributed by atoms with Crippen LogP contribution in [0, 0.1) is 5.82 Å². The summed E-state index contributed by atoms with van der Waals surface area (Å²) in [5.41, 5.74) is 3.05. The number of nitrogens with zero attached hydrogens (tertiary/aromatic N) is 4. The zero-order chi connectivity index (χ0) is 21.5. The Morgan fingerprint density at radius 3 is 2.71 bits per heavy atom. The summed E-state index contributed by atoms with van der Waals surface area (Å²) in [6, 6.07) is 12.5. The van der Waals surface area contributed by atoms with E-state index < -0.39 is 0 Å². The van der Waals surface area contributed by atoms with Gasteiger partial charge in [0.15, 0.2) is 5.58 Å². The second-order valence-electron chi connectivity index (χ2n) is 7.94. The fourth-order valence-electron chi connectivity index (χ4n) is 3.90. The van der Waals surface area contributed by atoms with E-state index in [1.165, 1.54) is 23.5 Å². The molecule has 1 aliphatic heterocycles. The maximum Gasteiger partial charge on any atom is 0.265 e. The number of amides is 1. The van der Waals surface area contributed by atoms with Gasteiger partial charge in [-0.15, -0.1) is 11.3 Å². The van der Waals surface area contributed by atoms with Gasteiger partial charge in [-0.05, 0) is 55.9 Å². The second kappa shape index (κ2) is 7.86. The molecule has 4 aromatic rings. The van der Waals surface area contributed by atoms with Gasteiger partial charge in [-0.3, -0.25) is 4.79 Å². The van der Waals surface area contributed by atoms with E-state index in [1.54, 1.807) is 18.3 Å². The first-order chi connectivity index (χ1) is 15.0. The first kappa shape index (κ1) is 19.8. The molecule has 1 aliphatic rings. The molecule has 0 radical (unpaired) electrons. The summed E-state index contributed by atoms with van der Waals surface area (Å²) in [5, 5.41) is 5.68. The molecule has 2 aromatic carbocycles. The van der Waals surface area contributed by atoms with Gasteiger partial charge in [-0.25, -0.2) is 9.37 Å². The first-order valence-electron chi connectivity index (χ1n) is 10.1. The molecule has 0 bridgehead atoms. The van der Waals surface area contributed by atoms with Crippen LogP contribution in [0.3, 0.4) is 0 Å². The second-order valence-corrected chi connectivity index (χ2v) is 8.97. The van der Waals surface area contributed by atoms with Crippen molar-refractivity contribution in [2.24, 2.45) is 0 Å². The van der Waals surface area contributed by atoms with Gasteiger partial charge in [0.05, 0.1) is 11.6 Å². The minimum absolute atomic E-state index is 0.0134. The summed E-state index contributed by atoms with van der Waals surface area (Å²) in [7, 11) is 4.08. The number of benzene rings is 2. The summed E-state index contributed by atoms with van der Waals surface area (Å²) >= 11 is 1.33. The third kappa shape index (κ3) is 3.73. The molecular weight excluding hydrogens is 415 g/mol. The summed E-state index contributed by atoms with van der Waals surface area (Å²) in [5.74, 6) is -0.258. The molecule has 3 heterocycles. The molecule has 6 nitrogen and oxygen atoms in total. The van der Waals surface area contributed by atoms with Crippen LogP contribution in [0.25, 0.3) is 32.8 Å². The minimum atomic E-state index is -0.271. The van der Waals surface area contributed by atoms with Crippen LogP contribution in [0.5, 0.6) is 0 Å². The van der Waals surface area contributed by atoms with Gasteiger partial charge >= 0.3 is 0 Å². The number of hydrogen-bond donors (Lipinski definition) is 0. The Morgan fingerprint density at radius 1 is 1.19 bits per heavy atom. The minimum Gasteiger partial charge on any atom is -0.356 e. The van der Waals surface area contributed by atoms with Gasteiger partial charge in [0.1, 0.15) is 21.4 Å². The molecule has 31 heavy (non-hydrogen) atoms. The van der Waals surface area contributed by atoms with Crippen molar-refractivity contribution in [3.05, 3.63) is 59.4 Å². The quantitative estimate of drug-likeness (QED) is 0.470. The third-order valence-corrected chi connectivity index (χ3v) is 6.74. The van der Waals surface area contributed by atoms with E-state index in [1.807, 2.05) is 37.2 Å². The van der Waals surface area contributed by atoms with Crippen molar-refractivity contribution in [1.29, 1.82) is 0 Å².